The Morgan fingerprint density at radius 3 is 3.04 bits per heavy atom. The van der Waals surface area contributed by atoms with Gasteiger partial charge in [0.15, 0.2) is 11.4 Å². The summed E-state index contributed by atoms with van der Waals surface area (Å²) in [5, 5.41) is 16.4. The first-order chi connectivity index (χ1) is 11.8. The highest BCUT2D eigenvalue weighted by atomic mass is 16.3. The average molecular weight is 325 g/mol. The van der Waals surface area contributed by atoms with E-state index in [1.54, 1.807) is 23.6 Å². The molecule has 2 fully saturated rings. The summed E-state index contributed by atoms with van der Waals surface area (Å²) >= 11 is 0. The van der Waals surface area contributed by atoms with Gasteiger partial charge in [-0.05, 0) is 6.07 Å². The van der Waals surface area contributed by atoms with Crippen LogP contribution in [-0.4, -0.2) is 52.2 Å². The van der Waals surface area contributed by atoms with Crippen molar-refractivity contribution >= 4 is 28.5 Å². The molecule has 5 rings (SSSR count). The van der Waals surface area contributed by atoms with Gasteiger partial charge in [-0.2, -0.15) is 10.2 Å². The van der Waals surface area contributed by atoms with Crippen LogP contribution in [-0.2, 0) is 0 Å². The molecule has 0 saturated carbocycles. The summed E-state index contributed by atoms with van der Waals surface area (Å²) in [7, 11) is 0. The molecule has 9 heteroatoms. The highest BCUT2D eigenvalue weighted by Gasteiger charge is 2.33. The first-order valence-electron chi connectivity index (χ1n) is 7.83. The Bertz CT molecular complexity index is 911. The molecule has 2 aliphatic heterocycles. The van der Waals surface area contributed by atoms with Crippen LogP contribution in [0, 0.1) is 0 Å². The van der Waals surface area contributed by atoms with E-state index in [-0.39, 0.29) is 12.1 Å². The third-order valence-electron chi connectivity index (χ3n) is 4.54. The van der Waals surface area contributed by atoms with Crippen molar-refractivity contribution in [2.24, 2.45) is 0 Å². The highest BCUT2D eigenvalue weighted by molar-refractivity contribution is 5.93. The molecule has 0 aromatic carbocycles. The minimum absolute atomic E-state index is 0.0652. The lowest BCUT2D eigenvalue weighted by Gasteiger charge is -2.39. The van der Waals surface area contributed by atoms with Gasteiger partial charge in [-0.15, -0.1) is 5.10 Å². The molecule has 0 radical (unpaired) electrons. The van der Waals surface area contributed by atoms with E-state index >= 15 is 0 Å². The standard InChI is InChI=1S/C15H15N7O2/c23-15-16-2-3-21(15)11-6-18-22(9-11)12-7-20(8-12)14-13-10(1-4-24-13)5-17-19-14/h1,4-6,9,12H,2-3,7-8H2,(H,16,23). The molecule has 9 nitrogen and oxygen atoms in total. The molecular formula is C15H15N7O2. The molecule has 24 heavy (non-hydrogen) atoms. The number of amides is 2. The molecule has 3 aromatic rings. The molecule has 122 valence electrons. The van der Waals surface area contributed by atoms with Crippen LogP contribution >= 0.6 is 0 Å². The van der Waals surface area contributed by atoms with Crippen LogP contribution in [0.1, 0.15) is 6.04 Å². The van der Waals surface area contributed by atoms with Gasteiger partial charge in [0.25, 0.3) is 0 Å². The van der Waals surface area contributed by atoms with E-state index in [1.807, 2.05) is 16.9 Å². The Balaban J connectivity index is 1.32. The summed E-state index contributed by atoms with van der Waals surface area (Å²) in [6, 6.07) is 2.06. The minimum atomic E-state index is -0.0652. The normalized spacial score (nSPS) is 18.2. The molecule has 2 amide bonds. The van der Waals surface area contributed by atoms with Gasteiger partial charge in [-0.3, -0.25) is 9.58 Å². The Labute approximate surface area is 136 Å². The summed E-state index contributed by atoms with van der Waals surface area (Å²) < 4.78 is 7.42. The fraction of sp³-hybridized carbons (Fsp3) is 0.333. The number of carbonyl (C=O) groups excluding carboxylic acids is 1. The molecule has 2 aliphatic rings. The lowest BCUT2D eigenvalue weighted by molar-refractivity contribution is 0.252. The summed E-state index contributed by atoms with van der Waals surface area (Å²) in [5.41, 5.74) is 1.59. The number of urea groups is 1. The van der Waals surface area contributed by atoms with Gasteiger partial charge in [0.05, 0.1) is 30.4 Å². The number of nitrogens with zero attached hydrogens (tertiary/aromatic N) is 6. The lowest BCUT2D eigenvalue weighted by atomic mass is 10.1. The highest BCUT2D eigenvalue weighted by Crippen LogP contribution is 2.32. The average Bonchev–Trinajstić information content (AvgIpc) is 3.25. The Morgan fingerprint density at radius 1 is 1.29 bits per heavy atom. The van der Waals surface area contributed by atoms with Crippen LogP contribution in [0.5, 0.6) is 0 Å². The van der Waals surface area contributed by atoms with Crippen molar-refractivity contribution < 1.29 is 9.21 Å². The van der Waals surface area contributed by atoms with Gasteiger partial charge < -0.3 is 14.6 Å². The van der Waals surface area contributed by atoms with Crippen molar-refractivity contribution in [2.75, 3.05) is 36.0 Å². The number of anilines is 2. The van der Waals surface area contributed by atoms with Crippen molar-refractivity contribution in [3.8, 4) is 0 Å². The number of hydrogen-bond acceptors (Lipinski definition) is 6. The third-order valence-corrected chi connectivity index (χ3v) is 4.54. The van der Waals surface area contributed by atoms with E-state index in [9.17, 15) is 4.79 Å². The fourth-order valence-corrected chi connectivity index (χ4v) is 3.18. The van der Waals surface area contributed by atoms with Crippen LogP contribution in [0.3, 0.4) is 0 Å². The molecule has 0 aliphatic carbocycles. The van der Waals surface area contributed by atoms with Gasteiger partial charge in [-0.1, -0.05) is 0 Å². The Kier molecular flexibility index (Phi) is 2.75. The SMILES string of the molecule is O=C1NCCN1c1cnn(C2CN(c3nncc4ccoc34)C2)c1. The Hall–Kier alpha value is -3.10. The topological polar surface area (TPSA) is 92.3 Å². The van der Waals surface area contributed by atoms with Gasteiger partial charge in [0.2, 0.25) is 0 Å². The number of hydrogen-bond donors (Lipinski definition) is 1. The number of rotatable bonds is 3. The zero-order valence-electron chi connectivity index (χ0n) is 12.8. The van der Waals surface area contributed by atoms with E-state index in [2.05, 4.69) is 25.5 Å². The molecular weight excluding hydrogens is 310 g/mol. The fourth-order valence-electron chi connectivity index (χ4n) is 3.18. The quantitative estimate of drug-likeness (QED) is 0.772. The maximum Gasteiger partial charge on any atom is 0.322 e. The van der Waals surface area contributed by atoms with Gasteiger partial charge >= 0.3 is 6.03 Å². The molecule has 3 aromatic heterocycles. The molecule has 2 saturated heterocycles. The molecule has 0 spiro atoms. The maximum absolute atomic E-state index is 11.7. The number of aromatic nitrogens is 4. The first kappa shape index (κ1) is 13.3. The predicted molar refractivity (Wildman–Crippen MR) is 86.0 cm³/mol. The van der Waals surface area contributed by atoms with Crippen molar-refractivity contribution in [3.63, 3.8) is 0 Å². The van der Waals surface area contributed by atoms with E-state index in [1.165, 1.54) is 0 Å². The molecule has 1 N–H and O–H groups in total. The number of carbonyl (C=O) groups is 1. The smallest absolute Gasteiger partial charge is 0.322 e. The predicted octanol–water partition coefficient (Wildman–Crippen LogP) is 1.01. The zero-order valence-corrected chi connectivity index (χ0v) is 12.8. The van der Waals surface area contributed by atoms with Crippen molar-refractivity contribution in [1.29, 1.82) is 0 Å². The number of fused-ring (bicyclic) bond motifs is 1. The summed E-state index contributed by atoms with van der Waals surface area (Å²) in [4.78, 5) is 15.5. The van der Waals surface area contributed by atoms with E-state index in [0.717, 1.165) is 35.6 Å². The largest absolute Gasteiger partial charge is 0.460 e. The molecule has 0 bridgehead atoms. The second kappa shape index (κ2) is 4.95. The lowest BCUT2D eigenvalue weighted by Crippen LogP contribution is -2.48. The Morgan fingerprint density at radius 2 is 2.21 bits per heavy atom. The minimum Gasteiger partial charge on any atom is -0.460 e. The van der Waals surface area contributed by atoms with Crippen LogP contribution in [0.25, 0.3) is 11.0 Å². The summed E-state index contributed by atoms with van der Waals surface area (Å²) in [6.45, 7) is 2.91. The van der Waals surface area contributed by atoms with Crippen molar-refractivity contribution in [3.05, 3.63) is 30.9 Å². The summed E-state index contributed by atoms with van der Waals surface area (Å²) in [5.74, 6) is 0.764. The molecule has 5 heterocycles. The number of nitrogens with one attached hydrogen (secondary N) is 1. The second-order valence-electron chi connectivity index (χ2n) is 5.99. The monoisotopic (exact) mass is 325 g/mol. The second-order valence-corrected chi connectivity index (χ2v) is 5.99. The van der Waals surface area contributed by atoms with Gasteiger partial charge in [0, 0.05) is 37.8 Å². The number of furan rings is 1. The maximum atomic E-state index is 11.7. The van der Waals surface area contributed by atoms with Crippen LogP contribution in [0.4, 0.5) is 16.3 Å². The van der Waals surface area contributed by atoms with Crippen LogP contribution in [0.2, 0.25) is 0 Å². The zero-order chi connectivity index (χ0) is 16.1. The van der Waals surface area contributed by atoms with E-state index in [0.29, 0.717) is 13.1 Å². The summed E-state index contributed by atoms with van der Waals surface area (Å²) in [6.07, 6.45) is 7.00. The van der Waals surface area contributed by atoms with Gasteiger partial charge in [0.1, 0.15) is 0 Å². The van der Waals surface area contributed by atoms with Crippen molar-refractivity contribution in [1.82, 2.24) is 25.3 Å². The van der Waals surface area contributed by atoms with Crippen LogP contribution in [0.15, 0.2) is 35.3 Å². The molecule has 0 atom stereocenters. The van der Waals surface area contributed by atoms with Crippen molar-refractivity contribution in [2.45, 2.75) is 6.04 Å². The van der Waals surface area contributed by atoms with Gasteiger partial charge in [-0.25, -0.2) is 4.79 Å². The van der Waals surface area contributed by atoms with E-state index < -0.39 is 0 Å². The molecule has 0 unspecified atom stereocenters. The van der Waals surface area contributed by atoms with Crippen LogP contribution < -0.4 is 15.1 Å². The first-order valence-corrected chi connectivity index (χ1v) is 7.83. The third kappa shape index (κ3) is 1.94. The van der Waals surface area contributed by atoms with E-state index in [4.69, 9.17) is 4.42 Å².